The molecule has 5 nitrogen and oxygen atoms in total. The Morgan fingerprint density at radius 3 is 2.69 bits per heavy atom. The van der Waals surface area contributed by atoms with Gasteiger partial charge in [-0.1, -0.05) is 23.4 Å². The van der Waals surface area contributed by atoms with Gasteiger partial charge in [-0.3, -0.25) is 4.90 Å². The van der Waals surface area contributed by atoms with Crippen LogP contribution in [-0.4, -0.2) is 47.8 Å². The SMILES string of the molecule is Fc1ccccc1N1CCN(CCCc2nc(-c3cccs3)no2)CC1. The number of piperazine rings is 1. The fourth-order valence-corrected chi connectivity index (χ4v) is 3.89. The van der Waals surface area contributed by atoms with Crippen molar-refractivity contribution in [2.75, 3.05) is 37.6 Å². The highest BCUT2D eigenvalue weighted by atomic mass is 32.1. The van der Waals surface area contributed by atoms with Crippen molar-refractivity contribution in [3.63, 3.8) is 0 Å². The summed E-state index contributed by atoms with van der Waals surface area (Å²) in [5.41, 5.74) is 0.708. The number of aromatic nitrogens is 2. The summed E-state index contributed by atoms with van der Waals surface area (Å²) in [6, 6.07) is 11.0. The Labute approximate surface area is 156 Å². The summed E-state index contributed by atoms with van der Waals surface area (Å²) in [5, 5.41) is 6.05. The van der Waals surface area contributed by atoms with E-state index in [-0.39, 0.29) is 5.82 Å². The zero-order chi connectivity index (χ0) is 17.8. The lowest BCUT2D eigenvalue weighted by molar-refractivity contribution is 0.250. The molecule has 0 radical (unpaired) electrons. The third-order valence-electron chi connectivity index (χ3n) is 4.64. The smallest absolute Gasteiger partial charge is 0.227 e. The molecule has 26 heavy (non-hydrogen) atoms. The number of anilines is 1. The first kappa shape index (κ1) is 17.2. The Morgan fingerprint density at radius 2 is 1.92 bits per heavy atom. The minimum absolute atomic E-state index is 0.140. The van der Waals surface area contributed by atoms with Crippen LogP contribution >= 0.6 is 11.3 Å². The van der Waals surface area contributed by atoms with Crippen LogP contribution < -0.4 is 4.90 Å². The first-order valence-electron chi connectivity index (χ1n) is 8.88. The van der Waals surface area contributed by atoms with E-state index >= 15 is 0 Å². The largest absolute Gasteiger partial charge is 0.367 e. The third-order valence-corrected chi connectivity index (χ3v) is 5.51. The van der Waals surface area contributed by atoms with E-state index in [4.69, 9.17) is 4.52 Å². The Morgan fingerprint density at radius 1 is 1.08 bits per heavy atom. The maximum absolute atomic E-state index is 13.9. The van der Waals surface area contributed by atoms with Gasteiger partial charge in [-0.15, -0.1) is 11.3 Å². The molecule has 136 valence electrons. The van der Waals surface area contributed by atoms with Gasteiger partial charge in [0.25, 0.3) is 0 Å². The van der Waals surface area contributed by atoms with Crippen molar-refractivity contribution >= 4 is 17.0 Å². The number of nitrogens with zero attached hydrogens (tertiary/aromatic N) is 4. The van der Waals surface area contributed by atoms with Crippen LogP contribution in [0.1, 0.15) is 12.3 Å². The molecule has 1 saturated heterocycles. The fraction of sp³-hybridized carbons (Fsp3) is 0.368. The van der Waals surface area contributed by atoms with Crippen molar-refractivity contribution in [3.8, 4) is 10.7 Å². The molecule has 1 fully saturated rings. The second kappa shape index (κ2) is 7.97. The summed E-state index contributed by atoms with van der Waals surface area (Å²) < 4.78 is 19.2. The standard InChI is InChI=1S/C19H21FN4OS/c20-15-5-1-2-6-16(15)24-12-10-23(11-13-24)9-3-8-18-21-19(22-25-18)17-7-4-14-26-17/h1-2,4-7,14H,3,8-13H2. The maximum Gasteiger partial charge on any atom is 0.227 e. The highest BCUT2D eigenvalue weighted by Crippen LogP contribution is 2.22. The highest BCUT2D eigenvalue weighted by molar-refractivity contribution is 7.13. The minimum Gasteiger partial charge on any atom is -0.367 e. The van der Waals surface area contributed by atoms with E-state index in [0.717, 1.165) is 50.4 Å². The average molecular weight is 372 g/mol. The zero-order valence-electron chi connectivity index (χ0n) is 14.5. The molecule has 3 aromatic rings. The van der Waals surface area contributed by atoms with E-state index < -0.39 is 0 Å². The molecule has 1 aliphatic rings. The monoisotopic (exact) mass is 372 g/mol. The number of para-hydroxylation sites is 1. The Balaban J connectivity index is 1.22. The lowest BCUT2D eigenvalue weighted by atomic mass is 10.2. The number of benzene rings is 1. The Hall–Kier alpha value is -2.25. The van der Waals surface area contributed by atoms with E-state index in [0.29, 0.717) is 17.4 Å². The molecule has 3 heterocycles. The molecule has 0 atom stereocenters. The summed E-state index contributed by atoms with van der Waals surface area (Å²) in [5.74, 6) is 1.23. The van der Waals surface area contributed by atoms with Gasteiger partial charge in [0.15, 0.2) is 0 Å². The fourth-order valence-electron chi connectivity index (χ4n) is 3.24. The molecule has 0 amide bonds. The quantitative estimate of drug-likeness (QED) is 0.660. The second-order valence-corrected chi connectivity index (χ2v) is 7.32. The number of aryl methyl sites for hydroxylation is 1. The highest BCUT2D eigenvalue weighted by Gasteiger charge is 2.19. The van der Waals surface area contributed by atoms with Crippen LogP contribution in [0.2, 0.25) is 0 Å². The lowest BCUT2D eigenvalue weighted by Gasteiger charge is -2.36. The van der Waals surface area contributed by atoms with Crippen molar-refractivity contribution in [1.29, 1.82) is 0 Å². The van der Waals surface area contributed by atoms with Gasteiger partial charge >= 0.3 is 0 Å². The van der Waals surface area contributed by atoms with Crippen LogP contribution in [0, 0.1) is 5.82 Å². The number of thiophene rings is 1. The summed E-state index contributed by atoms with van der Waals surface area (Å²) in [7, 11) is 0. The topological polar surface area (TPSA) is 45.4 Å². The molecule has 7 heteroatoms. The molecule has 0 bridgehead atoms. The van der Waals surface area contributed by atoms with Gasteiger partial charge in [0.1, 0.15) is 5.82 Å². The first-order valence-corrected chi connectivity index (χ1v) is 9.76. The second-order valence-electron chi connectivity index (χ2n) is 6.37. The van der Waals surface area contributed by atoms with Gasteiger partial charge in [-0.05, 0) is 36.5 Å². The minimum atomic E-state index is -0.140. The number of rotatable bonds is 6. The maximum atomic E-state index is 13.9. The first-order chi connectivity index (χ1) is 12.8. The van der Waals surface area contributed by atoms with E-state index in [2.05, 4.69) is 19.9 Å². The summed E-state index contributed by atoms with van der Waals surface area (Å²) in [6.07, 6.45) is 1.76. The van der Waals surface area contributed by atoms with Crippen molar-refractivity contribution < 1.29 is 8.91 Å². The Kier molecular flexibility index (Phi) is 5.26. The van der Waals surface area contributed by atoms with Crippen LogP contribution in [0.25, 0.3) is 10.7 Å². The molecular formula is C19H21FN4OS. The predicted octanol–water partition coefficient (Wildman–Crippen LogP) is 3.69. The molecule has 2 aromatic heterocycles. The molecule has 0 aliphatic carbocycles. The normalized spacial score (nSPS) is 15.5. The van der Waals surface area contributed by atoms with Crippen molar-refractivity contribution in [2.45, 2.75) is 12.8 Å². The van der Waals surface area contributed by atoms with Gasteiger partial charge in [0.05, 0.1) is 10.6 Å². The molecule has 0 saturated carbocycles. The zero-order valence-corrected chi connectivity index (χ0v) is 15.3. The third kappa shape index (κ3) is 3.94. The molecule has 0 spiro atoms. The van der Waals surface area contributed by atoms with Crippen LogP contribution in [0.3, 0.4) is 0 Å². The van der Waals surface area contributed by atoms with Gasteiger partial charge in [-0.2, -0.15) is 4.98 Å². The van der Waals surface area contributed by atoms with Crippen molar-refractivity contribution in [1.82, 2.24) is 15.0 Å². The Bertz CT molecular complexity index is 828. The number of halogens is 1. The van der Waals surface area contributed by atoms with E-state index in [1.807, 2.05) is 29.6 Å². The number of hydrogen-bond acceptors (Lipinski definition) is 6. The molecule has 0 unspecified atom stereocenters. The summed E-state index contributed by atoms with van der Waals surface area (Å²) in [6.45, 7) is 4.58. The van der Waals surface area contributed by atoms with Crippen LogP contribution in [-0.2, 0) is 6.42 Å². The van der Waals surface area contributed by atoms with Gasteiger partial charge in [-0.25, -0.2) is 4.39 Å². The van der Waals surface area contributed by atoms with Gasteiger partial charge in [0.2, 0.25) is 11.7 Å². The van der Waals surface area contributed by atoms with Crippen LogP contribution in [0.15, 0.2) is 46.3 Å². The van der Waals surface area contributed by atoms with Gasteiger partial charge < -0.3 is 9.42 Å². The average Bonchev–Trinajstić information content (AvgIpc) is 3.34. The molecule has 1 aliphatic heterocycles. The van der Waals surface area contributed by atoms with Crippen molar-refractivity contribution in [2.24, 2.45) is 0 Å². The molecule has 4 rings (SSSR count). The van der Waals surface area contributed by atoms with Gasteiger partial charge in [0, 0.05) is 32.6 Å². The van der Waals surface area contributed by atoms with Crippen LogP contribution in [0.4, 0.5) is 10.1 Å². The molecule has 1 aromatic carbocycles. The number of hydrogen-bond donors (Lipinski definition) is 0. The lowest BCUT2D eigenvalue weighted by Crippen LogP contribution is -2.47. The van der Waals surface area contributed by atoms with E-state index in [1.54, 1.807) is 17.4 Å². The van der Waals surface area contributed by atoms with E-state index in [9.17, 15) is 4.39 Å². The van der Waals surface area contributed by atoms with Crippen molar-refractivity contribution in [3.05, 3.63) is 53.5 Å². The van der Waals surface area contributed by atoms with E-state index in [1.165, 1.54) is 6.07 Å². The molecular weight excluding hydrogens is 351 g/mol. The summed E-state index contributed by atoms with van der Waals surface area (Å²) >= 11 is 1.61. The predicted molar refractivity (Wildman–Crippen MR) is 101 cm³/mol. The molecule has 0 N–H and O–H groups in total. The van der Waals surface area contributed by atoms with Crippen LogP contribution in [0.5, 0.6) is 0 Å². The summed E-state index contributed by atoms with van der Waals surface area (Å²) in [4.78, 5) is 10.0.